The molecule has 0 saturated heterocycles. The first-order chi connectivity index (χ1) is 7.20. The zero-order chi connectivity index (χ0) is 10.8. The van der Waals surface area contributed by atoms with E-state index in [-0.39, 0.29) is 0 Å². The van der Waals surface area contributed by atoms with Crippen LogP contribution in [0.3, 0.4) is 0 Å². The third-order valence-corrected chi connectivity index (χ3v) is 3.30. The van der Waals surface area contributed by atoms with Gasteiger partial charge in [0, 0.05) is 16.5 Å². The van der Waals surface area contributed by atoms with Crippen LogP contribution >= 0.6 is 15.9 Å². The van der Waals surface area contributed by atoms with Crippen molar-refractivity contribution in [3.05, 3.63) is 40.3 Å². The van der Waals surface area contributed by atoms with E-state index < -0.39 is 0 Å². The largest absolute Gasteiger partial charge is 0.342 e. The van der Waals surface area contributed by atoms with Crippen molar-refractivity contribution in [3.8, 4) is 11.3 Å². The summed E-state index contributed by atoms with van der Waals surface area (Å²) < 4.78 is 1.13. The van der Waals surface area contributed by atoms with Gasteiger partial charge in [0.15, 0.2) is 0 Å². The van der Waals surface area contributed by atoms with Gasteiger partial charge >= 0.3 is 0 Å². The number of nitrogens with one attached hydrogen (secondary N) is 1. The molecule has 1 aromatic carbocycles. The van der Waals surface area contributed by atoms with Gasteiger partial charge in [0.05, 0.1) is 11.9 Å². The van der Waals surface area contributed by atoms with E-state index >= 15 is 0 Å². The van der Waals surface area contributed by atoms with Crippen LogP contribution in [-0.4, -0.2) is 9.97 Å². The molecule has 2 nitrogen and oxygen atoms in total. The molecule has 0 unspecified atom stereocenters. The maximum atomic E-state index is 4.29. The minimum atomic E-state index is 0.938. The molecule has 0 amide bonds. The summed E-state index contributed by atoms with van der Waals surface area (Å²) in [6.45, 7) is 4.17. The van der Waals surface area contributed by atoms with E-state index in [2.05, 4.69) is 57.9 Å². The van der Waals surface area contributed by atoms with Crippen molar-refractivity contribution >= 4 is 15.9 Å². The minimum absolute atomic E-state index is 0.938. The summed E-state index contributed by atoms with van der Waals surface area (Å²) in [5.74, 6) is 1.03. The fourth-order valence-corrected chi connectivity index (χ4v) is 1.83. The highest BCUT2D eigenvalue weighted by Crippen LogP contribution is 2.24. The molecule has 1 N–H and O–H groups in total. The third-order valence-electron chi connectivity index (χ3n) is 2.45. The van der Waals surface area contributed by atoms with Gasteiger partial charge in [-0.25, -0.2) is 4.98 Å². The number of aryl methyl sites for hydroxylation is 2. The molecule has 0 aliphatic heterocycles. The summed E-state index contributed by atoms with van der Waals surface area (Å²) >= 11 is 3.53. The van der Waals surface area contributed by atoms with Crippen LogP contribution in [0.25, 0.3) is 11.3 Å². The van der Waals surface area contributed by atoms with Crippen molar-refractivity contribution in [2.75, 3.05) is 0 Å². The molecule has 0 aliphatic rings. The first kappa shape index (κ1) is 10.4. The molecule has 2 rings (SSSR count). The average Bonchev–Trinajstić information content (AvgIpc) is 2.70. The number of imidazole rings is 1. The lowest BCUT2D eigenvalue weighted by molar-refractivity contribution is 0.990. The molecule has 0 fully saturated rings. The summed E-state index contributed by atoms with van der Waals surface area (Å²) in [5, 5.41) is 0. The number of aromatic nitrogens is 2. The van der Waals surface area contributed by atoms with Crippen LogP contribution in [-0.2, 0) is 6.42 Å². The van der Waals surface area contributed by atoms with Crippen molar-refractivity contribution in [2.45, 2.75) is 20.3 Å². The van der Waals surface area contributed by atoms with Crippen molar-refractivity contribution in [2.24, 2.45) is 0 Å². The fourth-order valence-electron chi connectivity index (χ4n) is 1.45. The number of nitrogens with zero attached hydrogens (tertiary/aromatic N) is 1. The Bertz CT molecular complexity index is 474. The Hall–Kier alpha value is -1.09. The molecule has 0 saturated carbocycles. The molecular weight excluding hydrogens is 252 g/mol. The van der Waals surface area contributed by atoms with Gasteiger partial charge in [0.25, 0.3) is 0 Å². The standard InChI is InChI=1S/C12H13BrN2/c1-3-12-14-7-11(15-12)9-5-4-8(2)10(13)6-9/h4-7H,3H2,1-2H3,(H,14,15). The molecule has 0 spiro atoms. The SMILES string of the molecule is CCc1ncc(-c2ccc(C)c(Br)c2)[nH]1. The molecule has 3 heteroatoms. The highest BCUT2D eigenvalue weighted by molar-refractivity contribution is 9.10. The van der Waals surface area contributed by atoms with E-state index in [0.29, 0.717) is 0 Å². The highest BCUT2D eigenvalue weighted by atomic mass is 79.9. The topological polar surface area (TPSA) is 28.7 Å². The molecule has 0 atom stereocenters. The van der Waals surface area contributed by atoms with Crippen LogP contribution in [0, 0.1) is 6.92 Å². The summed E-state index contributed by atoms with van der Waals surface area (Å²) in [4.78, 5) is 7.59. The summed E-state index contributed by atoms with van der Waals surface area (Å²) in [7, 11) is 0. The van der Waals surface area contributed by atoms with Crippen LogP contribution in [0.5, 0.6) is 0 Å². The number of aromatic amines is 1. The normalized spacial score (nSPS) is 10.6. The van der Waals surface area contributed by atoms with Crippen molar-refractivity contribution < 1.29 is 0 Å². The van der Waals surface area contributed by atoms with Gasteiger partial charge < -0.3 is 4.98 Å². The van der Waals surface area contributed by atoms with Crippen LogP contribution in [0.4, 0.5) is 0 Å². The van der Waals surface area contributed by atoms with Crippen LogP contribution in [0.1, 0.15) is 18.3 Å². The molecule has 78 valence electrons. The molecule has 1 aromatic heterocycles. The van der Waals surface area contributed by atoms with Gasteiger partial charge in [0.2, 0.25) is 0 Å². The van der Waals surface area contributed by atoms with E-state index in [1.807, 2.05) is 6.20 Å². The van der Waals surface area contributed by atoms with E-state index in [1.54, 1.807) is 0 Å². The predicted molar refractivity (Wildman–Crippen MR) is 65.8 cm³/mol. The summed E-state index contributed by atoms with van der Waals surface area (Å²) in [6.07, 6.45) is 2.82. The Morgan fingerprint density at radius 3 is 2.80 bits per heavy atom. The predicted octanol–water partition coefficient (Wildman–Crippen LogP) is 3.71. The maximum Gasteiger partial charge on any atom is 0.106 e. The molecule has 0 bridgehead atoms. The number of rotatable bonds is 2. The van der Waals surface area contributed by atoms with Gasteiger partial charge in [-0.2, -0.15) is 0 Å². The van der Waals surface area contributed by atoms with Gasteiger partial charge in [-0.1, -0.05) is 35.0 Å². The second-order valence-electron chi connectivity index (χ2n) is 3.56. The Labute approximate surface area is 97.9 Å². The van der Waals surface area contributed by atoms with E-state index in [1.165, 1.54) is 11.1 Å². The summed E-state index contributed by atoms with van der Waals surface area (Å²) in [5.41, 5.74) is 3.49. The molecule has 1 heterocycles. The number of hydrogen-bond donors (Lipinski definition) is 1. The number of hydrogen-bond acceptors (Lipinski definition) is 1. The Balaban J connectivity index is 2.40. The monoisotopic (exact) mass is 264 g/mol. The fraction of sp³-hybridized carbons (Fsp3) is 0.250. The Morgan fingerprint density at radius 2 is 2.20 bits per heavy atom. The zero-order valence-corrected chi connectivity index (χ0v) is 10.4. The molecule has 0 radical (unpaired) electrons. The van der Waals surface area contributed by atoms with Crippen LogP contribution in [0.15, 0.2) is 28.9 Å². The Morgan fingerprint density at radius 1 is 1.40 bits per heavy atom. The zero-order valence-electron chi connectivity index (χ0n) is 8.84. The van der Waals surface area contributed by atoms with Crippen LogP contribution < -0.4 is 0 Å². The molecular formula is C12H13BrN2. The third kappa shape index (κ3) is 2.12. The number of benzene rings is 1. The van der Waals surface area contributed by atoms with E-state index in [4.69, 9.17) is 0 Å². The van der Waals surface area contributed by atoms with Crippen LogP contribution in [0.2, 0.25) is 0 Å². The second-order valence-corrected chi connectivity index (χ2v) is 4.42. The number of H-pyrrole nitrogens is 1. The van der Waals surface area contributed by atoms with Gasteiger partial charge in [0.1, 0.15) is 5.82 Å². The van der Waals surface area contributed by atoms with Gasteiger partial charge in [-0.3, -0.25) is 0 Å². The van der Waals surface area contributed by atoms with Crippen molar-refractivity contribution in [1.29, 1.82) is 0 Å². The lowest BCUT2D eigenvalue weighted by atomic mass is 10.1. The van der Waals surface area contributed by atoms with Gasteiger partial charge in [-0.15, -0.1) is 0 Å². The lowest BCUT2D eigenvalue weighted by Crippen LogP contribution is -1.83. The van der Waals surface area contributed by atoms with Crippen molar-refractivity contribution in [1.82, 2.24) is 9.97 Å². The first-order valence-corrected chi connectivity index (χ1v) is 5.80. The molecule has 2 aromatic rings. The molecule has 0 aliphatic carbocycles. The average molecular weight is 265 g/mol. The van der Waals surface area contributed by atoms with Gasteiger partial charge in [-0.05, 0) is 18.6 Å². The van der Waals surface area contributed by atoms with E-state index in [0.717, 1.165) is 22.4 Å². The quantitative estimate of drug-likeness (QED) is 0.881. The maximum absolute atomic E-state index is 4.29. The lowest BCUT2D eigenvalue weighted by Gasteiger charge is -2.01. The van der Waals surface area contributed by atoms with E-state index in [9.17, 15) is 0 Å². The minimum Gasteiger partial charge on any atom is -0.342 e. The molecule has 15 heavy (non-hydrogen) atoms. The van der Waals surface area contributed by atoms with Crippen molar-refractivity contribution in [3.63, 3.8) is 0 Å². The second kappa shape index (κ2) is 4.19. The smallest absolute Gasteiger partial charge is 0.106 e. The summed E-state index contributed by atoms with van der Waals surface area (Å²) in [6, 6.07) is 6.32. The Kier molecular flexibility index (Phi) is 2.91. The number of halogens is 1. The highest BCUT2D eigenvalue weighted by Gasteiger charge is 2.03. The first-order valence-electron chi connectivity index (χ1n) is 5.01.